The van der Waals surface area contributed by atoms with Gasteiger partial charge in [0.2, 0.25) is 9.84 Å². The SMILES string of the molecule is Cc1ccc2c(c1)C(C(C)(C)C(=O)O)=CS2(=O)=O. The number of hydrogen-bond acceptors (Lipinski definition) is 3. The third-order valence-corrected chi connectivity index (χ3v) is 4.73. The first kappa shape index (κ1) is 12.8. The number of fused-ring (bicyclic) bond motifs is 1. The van der Waals surface area contributed by atoms with Crippen LogP contribution in [0.2, 0.25) is 0 Å². The van der Waals surface area contributed by atoms with Crippen molar-refractivity contribution in [3.05, 3.63) is 34.7 Å². The van der Waals surface area contributed by atoms with Crippen molar-refractivity contribution in [2.45, 2.75) is 25.7 Å². The maximum absolute atomic E-state index is 12.0. The highest BCUT2D eigenvalue weighted by Gasteiger charge is 2.40. The average molecular weight is 266 g/mol. The number of benzene rings is 1. The molecular formula is C13H14O4S. The van der Waals surface area contributed by atoms with Crippen molar-refractivity contribution in [2.24, 2.45) is 5.41 Å². The van der Waals surface area contributed by atoms with Gasteiger partial charge in [0.25, 0.3) is 0 Å². The van der Waals surface area contributed by atoms with Crippen LogP contribution in [0.3, 0.4) is 0 Å². The predicted molar refractivity (Wildman–Crippen MR) is 67.8 cm³/mol. The van der Waals surface area contributed by atoms with E-state index in [4.69, 9.17) is 0 Å². The van der Waals surface area contributed by atoms with Gasteiger partial charge in [-0.25, -0.2) is 8.42 Å². The van der Waals surface area contributed by atoms with Gasteiger partial charge in [0.15, 0.2) is 0 Å². The van der Waals surface area contributed by atoms with Crippen molar-refractivity contribution in [1.29, 1.82) is 0 Å². The first-order chi connectivity index (χ1) is 8.16. The van der Waals surface area contributed by atoms with Crippen LogP contribution >= 0.6 is 0 Å². The Kier molecular flexibility index (Phi) is 2.63. The quantitative estimate of drug-likeness (QED) is 0.891. The van der Waals surface area contributed by atoms with E-state index in [0.29, 0.717) is 11.1 Å². The summed E-state index contributed by atoms with van der Waals surface area (Å²) in [5.41, 5.74) is 0.514. The second-order valence-electron chi connectivity index (χ2n) is 5.01. The van der Waals surface area contributed by atoms with Crippen LogP contribution in [0, 0.1) is 12.3 Å². The highest BCUT2D eigenvalue weighted by molar-refractivity contribution is 7.95. The maximum Gasteiger partial charge on any atom is 0.313 e. The van der Waals surface area contributed by atoms with Crippen LogP contribution in [0.1, 0.15) is 25.0 Å². The molecule has 0 aliphatic carbocycles. The molecule has 1 N–H and O–H groups in total. The molecule has 0 spiro atoms. The van der Waals surface area contributed by atoms with E-state index >= 15 is 0 Å². The van der Waals surface area contributed by atoms with Gasteiger partial charge in [-0.05, 0) is 38.0 Å². The van der Waals surface area contributed by atoms with Crippen molar-refractivity contribution < 1.29 is 18.3 Å². The Balaban J connectivity index is 2.75. The molecule has 0 saturated heterocycles. The lowest BCUT2D eigenvalue weighted by Gasteiger charge is -2.21. The normalized spacial score (nSPS) is 17.2. The minimum atomic E-state index is -3.51. The molecule has 0 saturated carbocycles. The van der Waals surface area contributed by atoms with Gasteiger partial charge in [-0.2, -0.15) is 0 Å². The maximum atomic E-state index is 12.0. The number of aliphatic carboxylic acids is 1. The fourth-order valence-electron chi connectivity index (χ4n) is 1.98. The summed E-state index contributed by atoms with van der Waals surface area (Å²) >= 11 is 0. The Morgan fingerprint density at radius 2 is 1.89 bits per heavy atom. The lowest BCUT2D eigenvalue weighted by Crippen LogP contribution is -2.24. The van der Waals surface area contributed by atoms with Crippen LogP contribution in [0.4, 0.5) is 0 Å². The van der Waals surface area contributed by atoms with Crippen molar-refractivity contribution in [3.63, 3.8) is 0 Å². The third kappa shape index (κ3) is 1.75. The summed E-state index contributed by atoms with van der Waals surface area (Å²) in [5.74, 6) is -1.04. The second-order valence-corrected chi connectivity index (χ2v) is 6.77. The second kappa shape index (κ2) is 3.68. The minimum absolute atomic E-state index is 0.192. The summed E-state index contributed by atoms with van der Waals surface area (Å²) in [7, 11) is -3.51. The number of carboxylic acids is 1. The number of rotatable bonds is 2. The fraction of sp³-hybridized carbons (Fsp3) is 0.308. The molecule has 1 aliphatic heterocycles. The lowest BCUT2D eigenvalue weighted by atomic mass is 9.81. The summed E-state index contributed by atoms with van der Waals surface area (Å²) in [4.78, 5) is 11.5. The molecule has 5 heteroatoms. The van der Waals surface area contributed by atoms with Crippen LogP contribution in [0.5, 0.6) is 0 Å². The van der Waals surface area contributed by atoms with Crippen LogP contribution in [-0.4, -0.2) is 19.5 Å². The van der Waals surface area contributed by atoms with Gasteiger partial charge in [0, 0.05) is 5.41 Å². The summed E-state index contributed by atoms with van der Waals surface area (Å²) in [6.07, 6.45) is 0. The zero-order chi connectivity index (χ0) is 13.7. The molecule has 0 fully saturated rings. The molecule has 0 aromatic heterocycles. The van der Waals surface area contributed by atoms with Crippen molar-refractivity contribution in [3.8, 4) is 0 Å². The summed E-state index contributed by atoms with van der Waals surface area (Å²) in [6, 6.07) is 4.96. The number of carboxylic acid groups (broad SMARTS) is 1. The van der Waals surface area contributed by atoms with E-state index in [2.05, 4.69) is 0 Å². The van der Waals surface area contributed by atoms with E-state index in [0.717, 1.165) is 11.0 Å². The van der Waals surface area contributed by atoms with Gasteiger partial charge in [0.1, 0.15) is 0 Å². The Morgan fingerprint density at radius 1 is 1.28 bits per heavy atom. The molecule has 1 aliphatic rings. The molecule has 4 nitrogen and oxygen atoms in total. The van der Waals surface area contributed by atoms with Gasteiger partial charge in [-0.15, -0.1) is 0 Å². The molecule has 0 amide bonds. The predicted octanol–water partition coefficient (Wildman–Crippen LogP) is 2.23. The molecule has 1 heterocycles. The zero-order valence-electron chi connectivity index (χ0n) is 10.4. The van der Waals surface area contributed by atoms with E-state index in [9.17, 15) is 18.3 Å². The molecule has 2 rings (SSSR count). The van der Waals surface area contributed by atoms with Gasteiger partial charge >= 0.3 is 5.97 Å². The van der Waals surface area contributed by atoms with E-state index in [-0.39, 0.29) is 4.90 Å². The summed E-state index contributed by atoms with van der Waals surface area (Å²) in [5, 5.41) is 10.3. The smallest absolute Gasteiger partial charge is 0.313 e. The van der Waals surface area contributed by atoms with E-state index in [1.54, 1.807) is 12.1 Å². The summed E-state index contributed by atoms with van der Waals surface area (Å²) in [6.45, 7) is 4.86. The first-order valence-electron chi connectivity index (χ1n) is 5.48. The Morgan fingerprint density at radius 3 is 2.44 bits per heavy atom. The number of aryl methyl sites for hydroxylation is 1. The van der Waals surface area contributed by atoms with Crippen LogP contribution in [0.25, 0.3) is 5.57 Å². The largest absolute Gasteiger partial charge is 0.481 e. The molecule has 18 heavy (non-hydrogen) atoms. The van der Waals surface area contributed by atoms with Gasteiger partial charge in [-0.1, -0.05) is 17.7 Å². The first-order valence-corrected chi connectivity index (χ1v) is 7.02. The molecule has 96 valence electrons. The van der Waals surface area contributed by atoms with E-state index in [1.807, 2.05) is 6.92 Å². The van der Waals surface area contributed by atoms with Crippen LogP contribution < -0.4 is 0 Å². The van der Waals surface area contributed by atoms with E-state index in [1.165, 1.54) is 19.9 Å². The molecule has 1 aromatic rings. The van der Waals surface area contributed by atoms with Crippen LogP contribution in [0.15, 0.2) is 28.5 Å². The number of carbonyl (C=O) groups is 1. The Bertz CT molecular complexity index is 666. The van der Waals surface area contributed by atoms with Crippen molar-refractivity contribution >= 4 is 21.4 Å². The Labute approximate surface area is 106 Å². The number of sulfone groups is 1. The fourth-order valence-corrected chi connectivity index (χ4v) is 3.58. The van der Waals surface area contributed by atoms with Gasteiger partial charge in [-0.3, -0.25) is 4.79 Å². The van der Waals surface area contributed by atoms with Crippen molar-refractivity contribution in [1.82, 2.24) is 0 Å². The molecule has 0 radical (unpaired) electrons. The van der Waals surface area contributed by atoms with Gasteiger partial charge < -0.3 is 5.11 Å². The highest BCUT2D eigenvalue weighted by atomic mass is 32.2. The number of hydrogen-bond donors (Lipinski definition) is 1. The van der Waals surface area contributed by atoms with Crippen molar-refractivity contribution in [2.75, 3.05) is 0 Å². The molecule has 1 aromatic carbocycles. The molecule has 0 unspecified atom stereocenters. The lowest BCUT2D eigenvalue weighted by molar-refractivity contribution is -0.143. The summed E-state index contributed by atoms with van der Waals surface area (Å²) < 4.78 is 23.9. The molecule has 0 atom stereocenters. The minimum Gasteiger partial charge on any atom is -0.481 e. The Hall–Kier alpha value is -1.62. The average Bonchev–Trinajstić information content (AvgIpc) is 2.50. The van der Waals surface area contributed by atoms with E-state index < -0.39 is 21.2 Å². The topological polar surface area (TPSA) is 71.4 Å². The van der Waals surface area contributed by atoms with Gasteiger partial charge in [0.05, 0.1) is 10.3 Å². The molecular weight excluding hydrogens is 252 g/mol. The molecule has 0 bridgehead atoms. The zero-order valence-corrected chi connectivity index (χ0v) is 11.2. The highest BCUT2D eigenvalue weighted by Crippen LogP contribution is 2.44. The standard InChI is InChI=1S/C13H14O4S/c1-8-4-5-11-9(6-8)10(7-18(11,16)17)13(2,3)12(14)15/h4-7H,1-3H3,(H,14,15). The van der Waals surface area contributed by atoms with Crippen LogP contribution in [-0.2, 0) is 14.6 Å². The monoisotopic (exact) mass is 266 g/mol. The third-order valence-electron chi connectivity index (χ3n) is 3.21.